The van der Waals surface area contributed by atoms with Crippen LogP contribution < -0.4 is 15.0 Å². The highest BCUT2D eigenvalue weighted by Gasteiger charge is 2.30. The Bertz CT molecular complexity index is 1370. The highest BCUT2D eigenvalue weighted by atomic mass is 32.1. The largest absolute Gasteiger partial charge is 0.479 e. The predicted octanol–water partition coefficient (Wildman–Crippen LogP) is 4.27. The summed E-state index contributed by atoms with van der Waals surface area (Å²) in [5, 5.41) is 3.23. The molecule has 4 aromatic rings. The van der Waals surface area contributed by atoms with E-state index in [2.05, 4.69) is 15.3 Å². The normalized spacial score (nSPS) is 13.5. The number of rotatable bonds is 5. The third kappa shape index (κ3) is 3.83. The standard InChI is InChI=1S/C24H18N4O4S/c1-32-23-20-21(17(13-25-23)14-5-3-2-4-6-14)33-24(26-20)27-22(31)15-7-9-16(10-8-15)28-18(29)11-12-19(28)30/h2-10,13H,11-12H2,1H3,(H,26,27,31). The fourth-order valence-electron chi connectivity index (χ4n) is 3.71. The second-order valence-electron chi connectivity index (χ2n) is 7.37. The van der Waals surface area contributed by atoms with Crippen LogP contribution in [0.2, 0.25) is 0 Å². The van der Waals surface area contributed by atoms with E-state index in [1.807, 2.05) is 30.3 Å². The third-order valence-electron chi connectivity index (χ3n) is 5.32. The molecular weight excluding hydrogens is 440 g/mol. The van der Waals surface area contributed by atoms with E-state index in [9.17, 15) is 14.4 Å². The van der Waals surface area contributed by atoms with Crippen LogP contribution in [-0.2, 0) is 9.59 Å². The zero-order valence-electron chi connectivity index (χ0n) is 17.6. The number of nitrogens with zero attached hydrogens (tertiary/aromatic N) is 3. The number of methoxy groups -OCH3 is 1. The molecular formula is C24H18N4O4S. The first-order valence-electron chi connectivity index (χ1n) is 10.2. The van der Waals surface area contributed by atoms with Gasteiger partial charge in [-0.05, 0) is 29.8 Å². The van der Waals surface area contributed by atoms with Gasteiger partial charge >= 0.3 is 0 Å². The van der Waals surface area contributed by atoms with Gasteiger partial charge in [0.2, 0.25) is 17.7 Å². The van der Waals surface area contributed by atoms with Crippen LogP contribution in [0.15, 0.2) is 60.8 Å². The molecule has 0 bridgehead atoms. The Kier molecular flexibility index (Phi) is 5.31. The van der Waals surface area contributed by atoms with Crippen molar-refractivity contribution in [2.45, 2.75) is 12.8 Å². The number of amides is 3. The van der Waals surface area contributed by atoms with Crippen LogP contribution in [0.5, 0.6) is 5.88 Å². The van der Waals surface area contributed by atoms with Gasteiger partial charge in [0.15, 0.2) is 5.13 Å². The molecule has 9 heteroatoms. The van der Waals surface area contributed by atoms with Crippen molar-refractivity contribution in [1.82, 2.24) is 9.97 Å². The number of carbonyl (C=O) groups is 3. The lowest BCUT2D eigenvalue weighted by molar-refractivity contribution is -0.121. The number of ether oxygens (including phenoxy) is 1. The first-order valence-corrected chi connectivity index (χ1v) is 11.0. The summed E-state index contributed by atoms with van der Waals surface area (Å²) in [4.78, 5) is 46.7. The summed E-state index contributed by atoms with van der Waals surface area (Å²) in [6, 6.07) is 16.1. The molecule has 0 saturated carbocycles. The van der Waals surface area contributed by atoms with Gasteiger partial charge in [0, 0.05) is 30.2 Å². The van der Waals surface area contributed by atoms with Crippen molar-refractivity contribution in [2.75, 3.05) is 17.3 Å². The van der Waals surface area contributed by atoms with Crippen molar-refractivity contribution < 1.29 is 19.1 Å². The molecule has 164 valence electrons. The van der Waals surface area contributed by atoms with Gasteiger partial charge in [-0.15, -0.1) is 0 Å². The number of imide groups is 1. The fraction of sp³-hybridized carbons (Fsp3) is 0.125. The van der Waals surface area contributed by atoms with Gasteiger partial charge < -0.3 is 4.74 Å². The highest BCUT2D eigenvalue weighted by Crippen LogP contribution is 2.38. The molecule has 0 spiro atoms. The Morgan fingerprint density at radius 2 is 1.73 bits per heavy atom. The van der Waals surface area contributed by atoms with Gasteiger partial charge in [0.25, 0.3) is 5.91 Å². The summed E-state index contributed by atoms with van der Waals surface area (Å²) in [6.45, 7) is 0. The van der Waals surface area contributed by atoms with Crippen molar-refractivity contribution in [3.8, 4) is 17.0 Å². The maximum atomic E-state index is 12.8. The number of anilines is 2. The second kappa shape index (κ2) is 8.44. The van der Waals surface area contributed by atoms with E-state index in [1.54, 1.807) is 30.5 Å². The van der Waals surface area contributed by atoms with E-state index in [0.717, 1.165) is 20.7 Å². The molecule has 0 atom stereocenters. The summed E-state index contributed by atoms with van der Waals surface area (Å²) in [5.41, 5.74) is 3.29. The van der Waals surface area contributed by atoms with E-state index in [4.69, 9.17) is 4.74 Å². The molecule has 1 N–H and O–H groups in total. The Morgan fingerprint density at radius 1 is 1.03 bits per heavy atom. The van der Waals surface area contributed by atoms with Gasteiger partial charge in [0.1, 0.15) is 5.52 Å². The molecule has 2 aromatic heterocycles. The van der Waals surface area contributed by atoms with Crippen LogP contribution in [0.4, 0.5) is 10.8 Å². The summed E-state index contributed by atoms with van der Waals surface area (Å²) in [7, 11) is 1.53. The monoisotopic (exact) mass is 458 g/mol. The highest BCUT2D eigenvalue weighted by molar-refractivity contribution is 7.23. The second-order valence-corrected chi connectivity index (χ2v) is 8.37. The molecule has 5 rings (SSSR count). The average molecular weight is 458 g/mol. The van der Waals surface area contributed by atoms with E-state index >= 15 is 0 Å². The first kappa shape index (κ1) is 20.8. The zero-order chi connectivity index (χ0) is 22.9. The number of thiazole rings is 1. The van der Waals surface area contributed by atoms with Crippen molar-refractivity contribution >= 4 is 50.1 Å². The minimum Gasteiger partial charge on any atom is -0.479 e. The van der Waals surface area contributed by atoms with E-state index < -0.39 is 0 Å². The van der Waals surface area contributed by atoms with Crippen LogP contribution in [0.25, 0.3) is 21.3 Å². The number of benzene rings is 2. The zero-order valence-corrected chi connectivity index (χ0v) is 18.4. The number of hydrogen-bond donors (Lipinski definition) is 1. The van der Waals surface area contributed by atoms with Gasteiger partial charge in [-0.2, -0.15) is 0 Å². The summed E-state index contributed by atoms with van der Waals surface area (Å²) in [5.74, 6) is -0.439. The molecule has 0 aliphatic carbocycles. The lowest BCUT2D eigenvalue weighted by Gasteiger charge is -2.13. The minimum absolute atomic E-state index is 0.210. The van der Waals surface area contributed by atoms with E-state index in [-0.39, 0.29) is 30.6 Å². The van der Waals surface area contributed by atoms with Crippen LogP contribution in [0.1, 0.15) is 23.2 Å². The summed E-state index contributed by atoms with van der Waals surface area (Å²) < 4.78 is 6.21. The number of pyridine rings is 1. The Hall–Kier alpha value is -4.11. The number of carbonyl (C=O) groups excluding carboxylic acids is 3. The van der Waals surface area contributed by atoms with Crippen LogP contribution in [-0.4, -0.2) is 34.8 Å². The molecule has 1 fully saturated rings. The molecule has 3 heterocycles. The number of fused-ring (bicyclic) bond motifs is 1. The molecule has 1 aliphatic rings. The van der Waals surface area contributed by atoms with Gasteiger partial charge in [-0.25, -0.2) is 9.97 Å². The van der Waals surface area contributed by atoms with Crippen LogP contribution in [0, 0.1) is 0 Å². The van der Waals surface area contributed by atoms with E-state index in [1.165, 1.54) is 18.4 Å². The first-order chi connectivity index (χ1) is 16.0. The van der Waals surface area contributed by atoms with Crippen LogP contribution >= 0.6 is 11.3 Å². The lowest BCUT2D eigenvalue weighted by atomic mass is 10.1. The van der Waals surface area contributed by atoms with Gasteiger partial charge in [-0.1, -0.05) is 41.7 Å². The quantitative estimate of drug-likeness (QED) is 0.448. The fourth-order valence-corrected chi connectivity index (χ4v) is 4.70. The van der Waals surface area contributed by atoms with Crippen LogP contribution in [0.3, 0.4) is 0 Å². The van der Waals surface area contributed by atoms with Crippen molar-refractivity contribution in [2.24, 2.45) is 0 Å². The van der Waals surface area contributed by atoms with Crippen molar-refractivity contribution in [3.05, 3.63) is 66.4 Å². The maximum Gasteiger partial charge on any atom is 0.257 e. The summed E-state index contributed by atoms with van der Waals surface area (Å²) in [6.07, 6.45) is 2.16. The van der Waals surface area contributed by atoms with Crippen molar-refractivity contribution in [3.63, 3.8) is 0 Å². The van der Waals surface area contributed by atoms with Gasteiger partial charge in [-0.3, -0.25) is 24.6 Å². The number of nitrogens with one attached hydrogen (secondary N) is 1. The molecule has 8 nitrogen and oxygen atoms in total. The Morgan fingerprint density at radius 3 is 2.39 bits per heavy atom. The Labute approximate surface area is 192 Å². The molecule has 0 unspecified atom stereocenters. The molecule has 33 heavy (non-hydrogen) atoms. The lowest BCUT2D eigenvalue weighted by Crippen LogP contribution is -2.28. The molecule has 1 saturated heterocycles. The summed E-state index contributed by atoms with van der Waals surface area (Å²) >= 11 is 1.33. The number of aromatic nitrogens is 2. The smallest absolute Gasteiger partial charge is 0.257 e. The average Bonchev–Trinajstić information content (AvgIpc) is 3.41. The molecule has 3 amide bonds. The topological polar surface area (TPSA) is 101 Å². The molecule has 1 aliphatic heterocycles. The maximum absolute atomic E-state index is 12.8. The Balaban J connectivity index is 1.43. The predicted molar refractivity (Wildman–Crippen MR) is 126 cm³/mol. The van der Waals surface area contributed by atoms with E-state index in [0.29, 0.717) is 27.8 Å². The van der Waals surface area contributed by atoms with Gasteiger partial charge in [0.05, 0.1) is 17.5 Å². The molecule has 2 aromatic carbocycles. The SMILES string of the molecule is COc1ncc(-c2ccccc2)c2sc(NC(=O)c3ccc(N4C(=O)CCC4=O)cc3)nc12. The number of hydrogen-bond acceptors (Lipinski definition) is 7. The minimum atomic E-state index is -0.354. The third-order valence-corrected chi connectivity index (χ3v) is 6.33. The van der Waals surface area contributed by atoms with Crippen molar-refractivity contribution in [1.29, 1.82) is 0 Å². The molecule has 0 radical (unpaired) electrons.